The lowest BCUT2D eigenvalue weighted by Crippen LogP contribution is -2.22. The van der Waals surface area contributed by atoms with E-state index in [1.165, 1.54) is 13.0 Å². The molecule has 2 rings (SSSR count). The average Bonchev–Trinajstić information content (AvgIpc) is 2.28. The molecule has 0 spiro atoms. The van der Waals surface area contributed by atoms with Crippen molar-refractivity contribution in [2.45, 2.75) is 18.9 Å². The van der Waals surface area contributed by atoms with E-state index in [1.807, 2.05) is 0 Å². The molecular weight excluding hydrogens is 122 g/mol. The lowest BCUT2D eigenvalue weighted by Gasteiger charge is -2.08. The molecule has 0 saturated carbocycles. The number of hydrogen-bond acceptors (Lipinski definition) is 1. The molecule has 1 aliphatic carbocycles. The largest absolute Gasteiger partial charge is 0.310 e. The van der Waals surface area contributed by atoms with Gasteiger partial charge in [0.15, 0.2) is 0 Å². The normalized spacial score (nSPS) is 37.6. The first kappa shape index (κ1) is 6.17. The monoisotopic (exact) mass is 135 g/mol. The first-order valence-electron chi connectivity index (χ1n) is 4.03. The van der Waals surface area contributed by atoms with Crippen LogP contribution >= 0.6 is 0 Å². The zero-order chi connectivity index (χ0) is 6.81. The van der Waals surface area contributed by atoms with E-state index >= 15 is 0 Å². The molecule has 1 N–H and O–H groups in total. The highest BCUT2D eigenvalue weighted by atomic mass is 14.9. The molecule has 1 saturated heterocycles. The van der Waals surface area contributed by atoms with Crippen molar-refractivity contribution >= 4 is 0 Å². The van der Waals surface area contributed by atoms with Crippen LogP contribution in [0.25, 0.3) is 0 Å². The van der Waals surface area contributed by atoms with Gasteiger partial charge in [-0.15, -0.1) is 0 Å². The van der Waals surface area contributed by atoms with Crippen molar-refractivity contribution < 1.29 is 0 Å². The van der Waals surface area contributed by atoms with Gasteiger partial charge in [0.05, 0.1) is 0 Å². The van der Waals surface area contributed by atoms with Crippen molar-refractivity contribution in [2.75, 3.05) is 6.54 Å². The van der Waals surface area contributed by atoms with Crippen LogP contribution in [-0.4, -0.2) is 12.6 Å². The fourth-order valence-electron chi connectivity index (χ4n) is 1.73. The summed E-state index contributed by atoms with van der Waals surface area (Å²) < 4.78 is 0. The van der Waals surface area contributed by atoms with Crippen LogP contribution in [-0.2, 0) is 0 Å². The lowest BCUT2D eigenvalue weighted by atomic mass is 10.0. The van der Waals surface area contributed by atoms with Crippen LogP contribution in [0, 0.1) is 5.92 Å². The van der Waals surface area contributed by atoms with Gasteiger partial charge < -0.3 is 5.32 Å². The Balaban J connectivity index is 2.16. The van der Waals surface area contributed by atoms with Gasteiger partial charge in [0.2, 0.25) is 0 Å². The maximum absolute atomic E-state index is 3.46. The Morgan fingerprint density at radius 2 is 2.10 bits per heavy atom. The van der Waals surface area contributed by atoms with Gasteiger partial charge in [-0.05, 0) is 25.3 Å². The summed E-state index contributed by atoms with van der Waals surface area (Å²) in [6.07, 6.45) is 11.6. The molecule has 1 aliphatic heterocycles. The second kappa shape index (κ2) is 2.59. The third-order valence-corrected chi connectivity index (χ3v) is 2.32. The highest BCUT2D eigenvalue weighted by Gasteiger charge is 2.22. The summed E-state index contributed by atoms with van der Waals surface area (Å²) in [4.78, 5) is 0. The van der Waals surface area contributed by atoms with Crippen LogP contribution in [0.5, 0.6) is 0 Å². The summed E-state index contributed by atoms with van der Waals surface area (Å²) in [5.41, 5.74) is 0. The lowest BCUT2D eigenvalue weighted by molar-refractivity contribution is 0.621. The maximum Gasteiger partial charge on any atom is 0.0313 e. The zero-order valence-corrected chi connectivity index (χ0v) is 6.09. The van der Waals surface area contributed by atoms with Gasteiger partial charge in [0.1, 0.15) is 0 Å². The van der Waals surface area contributed by atoms with Crippen molar-refractivity contribution in [1.29, 1.82) is 0 Å². The van der Waals surface area contributed by atoms with Crippen molar-refractivity contribution in [1.82, 2.24) is 5.32 Å². The molecule has 54 valence electrons. The van der Waals surface area contributed by atoms with Crippen LogP contribution in [0.4, 0.5) is 0 Å². The Labute approximate surface area is 61.8 Å². The Morgan fingerprint density at radius 3 is 3.10 bits per heavy atom. The minimum absolute atomic E-state index is 0.638. The summed E-state index contributed by atoms with van der Waals surface area (Å²) in [5, 5.41) is 3.46. The smallest absolute Gasteiger partial charge is 0.0313 e. The third kappa shape index (κ3) is 1.01. The van der Waals surface area contributed by atoms with E-state index in [1.54, 1.807) is 0 Å². The van der Waals surface area contributed by atoms with Crippen LogP contribution in [0.1, 0.15) is 12.8 Å². The van der Waals surface area contributed by atoms with Crippen molar-refractivity contribution in [3.8, 4) is 0 Å². The van der Waals surface area contributed by atoms with Gasteiger partial charge >= 0.3 is 0 Å². The maximum atomic E-state index is 3.46. The second-order valence-corrected chi connectivity index (χ2v) is 3.02. The van der Waals surface area contributed by atoms with Gasteiger partial charge in [0.25, 0.3) is 0 Å². The second-order valence-electron chi connectivity index (χ2n) is 3.02. The molecule has 2 aliphatic rings. The van der Waals surface area contributed by atoms with E-state index in [0.29, 0.717) is 6.04 Å². The van der Waals surface area contributed by atoms with E-state index in [9.17, 15) is 0 Å². The Morgan fingerprint density at radius 1 is 1.20 bits per heavy atom. The van der Waals surface area contributed by atoms with Gasteiger partial charge in [-0.2, -0.15) is 0 Å². The minimum atomic E-state index is 0.638. The van der Waals surface area contributed by atoms with Crippen molar-refractivity contribution in [3.05, 3.63) is 24.3 Å². The fraction of sp³-hybridized carbons (Fsp3) is 0.556. The van der Waals surface area contributed by atoms with Crippen LogP contribution < -0.4 is 5.32 Å². The molecule has 0 aromatic rings. The van der Waals surface area contributed by atoms with Crippen molar-refractivity contribution in [3.63, 3.8) is 0 Å². The van der Waals surface area contributed by atoms with Crippen molar-refractivity contribution in [2.24, 2.45) is 5.92 Å². The van der Waals surface area contributed by atoms with Crippen LogP contribution in [0.2, 0.25) is 0 Å². The number of hydrogen-bond donors (Lipinski definition) is 1. The molecule has 0 aromatic heterocycles. The van der Waals surface area contributed by atoms with E-state index in [2.05, 4.69) is 29.6 Å². The molecule has 1 heterocycles. The van der Waals surface area contributed by atoms with Crippen LogP contribution in [0.3, 0.4) is 0 Å². The average molecular weight is 135 g/mol. The van der Waals surface area contributed by atoms with E-state index in [4.69, 9.17) is 0 Å². The van der Waals surface area contributed by atoms with E-state index in [-0.39, 0.29) is 0 Å². The molecule has 1 heteroatoms. The number of fused-ring (bicyclic) bond motifs is 1. The van der Waals surface area contributed by atoms with Crippen LogP contribution in [0.15, 0.2) is 24.3 Å². The number of rotatable bonds is 0. The Bertz CT molecular complexity index is 152. The Hall–Kier alpha value is -0.560. The fourth-order valence-corrected chi connectivity index (χ4v) is 1.73. The molecule has 0 radical (unpaired) electrons. The summed E-state index contributed by atoms with van der Waals surface area (Å²) in [6, 6.07) is 0.638. The standard InChI is InChI=1S/C9H13N/c1-2-4-8-6-7-10-9(8)5-3-1/h2-5,8-10H,1,6-7H2. The molecule has 10 heavy (non-hydrogen) atoms. The SMILES string of the molecule is C1=CC2CCNC2C=CC1. The highest BCUT2D eigenvalue weighted by Crippen LogP contribution is 2.20. The quantitative estimate of drug-likeness (QED) is 0.496. The molecule has 1 fully saturated rings. The van der Waals surface area contributed by atoms with Gasteiger partial charge in [0, 0.05) is 6.04 Å². The predicted octanol–water partition coefficient (Wildman–Crippen LogP) is 1.48. The van der Waals surface area contributed by atoms with Gasteiger partial charge in [-0.3, -0.25) is 0 Å². The molecular formula is C9H13N. The number of nitrogens with one attached hydrogen (secondary N) is 1. The Kier molecular flexibility index (Phi) is 1.60. The molecule has 2 unspecified atom stereocenters. The first-order valence-corrected chi connectivity index (χ1v) is 4.03. The summed E-state index contributed by atoms with van der Waals surface area (Å²) >= 11 is 0. The van der Waals surface area contributed by atoms with Gasteiger partial charge in [-0.25, -0.2) is 0 Å². The minimum Gasteiger partial charge on any atom is -0.310 e. The molecule has 0 aromatic carbocycles. The first-order chi connectivity index (χ1) is 4.97. The number of allylic oxidation sites excluding steroid dienone is 2. The van der Waals surface area contributed by atoms with E-state index in [0.717, 1.165) is 12.3 Å². The molecule has 0 bridgehead atoms. The van der Waals surface area contributed by atoms with E-state index < -0.39 is 0 Å². The van der Waals surface area contributed by atoms with Gasteiger partial charge in [-0.1, -0.05) is 24.3 Å². The molecule has 1 nitrogen and oxygen atoms in total. The highest BCUT2D eigenvalue weighted by molar-refractivity contribution is 5.12. The zero-order valence-electron chi connectivity index (χ0n) is 6.09. The summed E-state index contributed by atoms with van der Waals surface area (Å²) in [6.45, 7) is 1.18. The molecule has 0 amide bonds. The summed E-state index contributed by atoms with van der Waals surface area (Å²) in [5.74, 6) is 0.777. The molecule has 2 atom stereocenters. The topological polar surface area (TPSA) is 12.0 Å². The summed E-state index contributed by atoms with van der Waals surface area (Å²) in [7, 11) is 0. The third-order valence-electron chi connectivity index (χ3n) is 2.32. The predicted molar refractivity (Wildman–Crippen MR) is 42.8 cm³/mol.